The number of halogens is 5. The monoisotopic (exact) mass is 546 g/mol. The van der Waals surface area contributed by atoms with Crippen LogP contribution in [0.15, 0.2) is 65.2 Å². The Morgan fingerprint density at radius 1 is 1.05 bits per heavy atom. The van der Waals surface area contributed by atoms with Crippen LogP contribution >= 0.6 is 0 Å². The summed E-state index contributed by atoms with van der Waals surface area (Å²) in [6.45, 7) is 2.01. The fraction of sp³-hybridized carbons (Fsp3) is 0.222. The number of hydrogen-bond acceptors (Lipinski definition) is 5. The minimum Gasteiger partial charge on any atom is -0.456 e. The number of pyridine rings is 1. The number of nitrogens with one attached hydrogen (secondary N) is 2. The van der Waals surface area contributed by atoms with E-state index in [0.29, 0.717) is 16.5 Å². The molecule has 4 aromatic rings. The van der Waals surface area contributed by atoms with E-state index in [0.717, 1.165) is 26.0 Å². The van der Waals surface area contributed by atoms with E-state index in [1.54, 1.807) is 0 Å². The number of nitrogens with two attached hydrogens (primary N) is 1. The molecule has 1 unspecified atom stereocenters. The maximum atomic E-state index is 14.0. The van der Waals surface area contributed by atoms with E-state index >= 15 is 0 Å². The fourth-order valence-electron chi connectivity index (χ4n) is 3.72. The predicted octanol–water partition coefficient (Wildman–Crippen LogP) is 6.06. The average molecular weight is 546 g/mol. The molecule has 0 saturated carbocycles. The second kappa shape index (κ2) is 10.4. The SMILES string of the molecule is CC(C)(F)C(=O)NCc1cnc(C(N)F)c(C(=O)Nc2ccc3oc(-c4cccc(C(F)(F)F)c4)cc3c2)c1. The van der Waals surface area contributed by atoms with Gasteiger partial charge >= 0.3 is 6.18 Å². The molecule has 4 rings (SSSR count). The van der Waals surface area contributed by atoms with Gasteiger partial charge in [0.05, 0.1) is 11.1 Å². The number of carbonyl (C=O) groups is 2. The van der Waals surface area contributed by atoms with Crippen LogP contribution in [-0.2, 0) is 17.5 Å². The van der Waals surface area contributed by atoms with E-state index in [1.165, 1.54) is 48.7 Å². The number of carbonyl (C=O) groups excluding carboxylic acids is 2. The Morgan fingerprint density at radius 3 is 2.46 bits per heavy atom. The highest BCUT2D eigenvalue weighted by Crippen LogP contribution is 2.34. The second-order valence-corrected chi connectivity index (χ2v) is 9.23. The normalized spacial score (nSPS) is 12.8. The van der Waals surface area contributed by atoms with E-state index in [-0.39, 0.29) is 34.8 Å². The van der Waals surface area contributed by atoms with Crippen LogP contribution in [0.2, 0.25) is 0 Å². The highest BCUT2D eigenvalue weighted by molar-refractivity contribution is 6.06. The lowest BCUT2D eigenvalue weighted by molar-refractivity contribution is -0.137. The third-order valence-corrected chi connectivity index (χ3v) is 5.72. The van der Waals surface area contributed by atoms with Crippen LogP contribution < -0.4 is 16.4 Å². The quantitative estimate of drug-likeness (QED) is 0.193. The van der Waals surface area contributed by atoms with Crippen molar-refractivity contribution in [3.05, 3.63) is 83.2 Å². The molecule has 12 heteroatoms. The number of nitrogens with zero attached hydrogens (tertiary/aromatic N) is 1. The van der Waals surface area contributed by atoms with Gasteiger partial charge in [0, 0.05) is 29.4 Å². The van der Waals surface area contributed by atoms with Gasteiger partial charge in [0.1, 0.15) is 17.0 Å². The zero-order valence-electron chi connectivity index (χ0n) is 20.7. The molecule has 4 N–H and O–H groups in total. The van der Waals surface area contributed by atoms with E-state index in [2.05, 4.69) is 15.6 Å². The predicted molar refractivity (Wildman–Crippen MR) is 134 cm³/mol. The number of benzene rings is 2. The Bertz CT molecular complexity index is 1540. The Morgan fingerprint density at radius 2 is 1.79 bits per heavy atom. The Kier molecular flexibility index (Phi) is 7.42. The number of amides is 2. The molecule has 0 aliphatic heterocycles. The molecule has 2 amide bonds. The molecule has 0 aliphatic rings. The van der Waals surface area contributed by atoms with E-state index in [4.69, 9.17) is 10.2 Å². The molecular formula is C27H23F5N4O3. The first-order valence-electron chi connectivity index (χ1n) is 11.6. The van der Waals surface area contributed by atoms with Gasteiger partial charge < -0.3 is 15.1 Å². The van der Waals surface area contributed by atoms with Crippen molar-refractivity contribution in [3.8, 4) is 11.3 Å². The number of anilines is 1. The molecule has 2 aromatic carbocycles. The molecule has 0 bridgehead atoms. The van der Waals surface area contributed by atoms with Crippen molar-refractivity contribution >= 4 is 28.5 Å². The summed E-state index contributed by atoms with van der Waals surface area (Å²) < 4.78 is 72.7. The first-order valence-corrected chi connectivity index (χ1v) is 11.6. The molecule has 2 heterocycles. The molecule has 0 saturated heterocycles. The Hall–Kier alpha value is -4.32. The van der Waals surface area contributed by atoms with Gasteiger partial charge in [0.25, 0.3) is 11.8 Å². The molecule has 0 aliphatic carbocycles. The van der Waals surface area contributed by atoms with Crippen LogP contribution in [0.5, 0.6) is 0 Å². The van der Waals surface area contributed by atoms with E-state index in [1.807, 2.05) is 0 Å². The first kappa shape index (κ1) is 27.7. The van der Waals surface area contributed by atoms with Crippen LogP contribution in [0.4, 0.5) is 27.6 Å². The summed E-state index contributed by atoms with van der Waals surface area (Å²) in [5.41, 5.74) is 3.01. The molecule has 0 fully saturated rings. The van der Waals surface area contributed by atoms with Crippen LogP contribution in [0.25, 0.3) is 22.3 Å². The zero-order chi connectivity index (χ0) is 28.5. The van der Waals surface area contributed by atoms with Crippen LogP contribution in [-0.4, -0.2) is 22.5 Å². The lowest BCUT2D eigenvalue weighted by Crippen LogP contribution is -2.38. The van der Waals surface area contributed by atoms with Crippen LogP contribution in [0.3, 0.4) is 0 Å². The summed E-state index contributed by atoms with van der Waals surface area (Å²) in [6.07, 6.45) is -5.38. The van der Waals surface area contributed by atoms with Crippen molar-refractivity contribution in [1.29, 1.82) is 0 Å². The van der Waals surface area contributed by atoms with Gasteiger partial charge in [-0.25, -0.2) is 8.78 Å². The number of fused-ring (bicyclic) bond motifs is 1. The van der Waals surface area contributed by atoms with Gasteiger partial charge in [0.15, 0.2) is 12.0 Å². The maximum Gasteiger partial charge on any atom is 0.416 e. The van der Waals surface area contributed by atoms with Gasteiger partial charge in [-0.1, -0.05) is 12.1 Å². The molecule has 0 radical (unpaired) electrons. The lowest BCUT2D eigenvalue weighted by atomic mass is 10.1. The third-order valence-electron chi connectivity index (χ3n) is 5.72. The minimum atomic E-state index is -4.51. The van der Waals surface area contributed by atoms with Gasteiger partial charge in [-0.2, -0.15) is 13.2 Å². The summed E-state index contributed by atoms with van der Waals surface area (Å²) in [6, 6.07) is 12.0. The first-order chi connectivity index (χ1) is 18.2. The molecular weight excluding hydrogens is 523 g/mol. The van der Waals surface area contributed by atoms with Crippen molar-refractivity contribution in [1.82, 2.24) is 10.3 Å². The van der Waals surface area contributed by atoms with Crippen molar-refractivity contribution in [2.45, 2.75) is 38.5 Å². The zero-order valence-corrected chi connectivity index (χ0v) is 20.7. The van der Waals surface area contributed by atoms with Crippen LogP contribution in [0.1, 0.15) is 47.3 Å². The largest absolute Gasteiger partial charge is 0.456 e. The van der Waals surface area contributed by atoms with Gasteiger partial charge in [-0.3, -0.25) is 20.3 Å². The number of hydrogen-bond donors (Lipinski definition) is 3. The standard InChI is InChI=1S/C27H23F5N4O3/c1-26(2,29)25(38)35-13-14-8-19(22(23(28)33)34-12-14)24(37)36-18-6-7-20-16(10-18)11-21(39-20)15-4-3-5-17(9-15)27(30,31)32/h3-12,23H,13,33H2,1-2H3,(H,35,38)(H,36,37). The topological polar surface area (TPSA) is 110 Å². The maximum absolute atomic E-state index is 14.0. The fourth-order valence-corrected chi connectivity index (χ4v) is 3.72. The number of aromatic nitrogens is 1. The van der Waals surface area contributed by atoms with Gasteiger partial charge in [-0.15, -0.1) is 0 Å². The molecule has 0 spiro atoms. The second-order valence-electron chi connectivity index (χ2n) is 9.23. The summed E-state index contributed by atoms with van der Waals surface area (Å²) in [5.74, 6) is -1.44. The lowest BCUT2D eigenvalue weighted by Gasteiger charge is -2.15. The number of alkyl halides is 5. The number of furan rings is 1. The van der Waals surface area contributed by atoms with Crippen molar-refractivity contribution in [2.24, 2.45) is 5.73 Å². The average Bonchev–Trinajstić information content (AvgIpc) is 3.29. The third kappa shape index (κ3) is 6.40. The molecule has 1 atom stereocenters. The van der Waals surface area contributed by atoms with Crippen molar-refractivity contribution in [2.75, 3.05) is 5.32 Å². The molecule has 39 heavy (non-hydrogen) atoms. The summed E-state index contributed by atoms with van der Waals surface area (Å²) in [7, 11) is 0. The summed E-state index contributed by atoms with van der Waals surface area (Å²) >= 11 is 0. The van der Waals surface area contributed by atoms with Crippen molar-refractivity contribution in [3.63, 3.8) is 0 Å². The summed E-state index contributed by atoms with van der Waals surface area (Å²) in [5, 5.41) is 5.46. The molecule has 204 valence electrons. The highest BCUT2D eigenvalue weighted by Gasteiger charge is 2.31. The van der Waals surface area contributed by atoms with E-state index < -0.39 is 35.5 Å². The van der Waals surface area contributed by atoms with Crippen LogP contribution in [0, 0.1) is 0 Å². The highest BCUT2D eigenvalue weighted by atomic mass is 19.4. The summed E-state index contributed by atoms with van der Waals surface area (Å²) in [4.78, 5) is 28.7. The van der Waals surface area contributed by atoms with Crippen molar-refractivity contribution < 1.29 is 36.0 Å². The smallest absolute Gasteiger partial charge is 0.416 e. The van der Waals surface area contributed by atoms with Gasteiger partial charge in [0.2, 0.25) is 0 Å². The molecule has 2 aromatic heterocycles. The molecule has 7 nitrogen and oxygen atoms in total. The van der Waals surface area contributed by atoms with Gasteiger partial charge in [-0.05, 0) is 61.9 Å². The minimum absolute atomic E-state index is 0.166. The Labute approximate surface area is 219 Å². The van der Waals surface area contributed by atoms with E-state index in [9.17, 15) is 31.5 Å². The number of rotatable bonds is 7. The Balaban J connectivity index is 1.57.